The zero-order chi connectivity index (χ0) is 14.5. The fourth-order valence-electron chi connectivity index (χ4n) is 2.31. The van der Waals surface area contributed by atoms with Gasteiger partial charge in [-0.2, -0.15) is 0 Å². The molecule has 0 radical (unpaired) electrons. The first kappa shape index (κ1) is 14.6. The first-order valence-corrected chi connectivity index (χ1v) is 6.71. The van der Waals surface area contributed by atoms with Crippen molar-refractivity contribution in [1.29, 1.82) is 0 Å². The molecule has 0 fully saturated rings. The summed E-state index contributed by atoms with van der Waals surface area (Å²) in [6.45, 7) is 4.62. The molecule has 0 spiro atoms. The van der Waals surface area contributed by atoms with Crippen LogP contribution in [-0.4, -0.2) is 11.5 Å². The Morgan fingerprint density at radius 1 is 1.15 bits per heavy atom. The molecule has 1 unspecified atom stereocenters. The minimum Gasteiger partial charge on any atom is -0.309 e. The minimum atomic E-state index is -0.513. The van der Waals surface area contributed by atoms with Gasteiger partial charge in [-0.3, -0.25) is 4.98 Å². The van der Waals surface area contributed by atoms with Crippen LogP contribution in [0, 0.1) is 18.6 Å². The molecule has 2 aromatic rings. The van der Waals surface area contributed by atoms with Gasteiger partial charge in [-0.15, -0.1) is 0 Å². The zero-order valence-electron chi connectivity index (χ0n) is 11.7. The highest BCUT2D eigenvalue weighted by Crippen LogP contribution is 2.23. The standard InChI is InChI=1S/C16H18F2N2/c1-3-19-15(16-11(2)6-5-9-20-16)10-12-13(17)7-4-8-14(12)18/h4-9,15,19H,3,10H2,1-2H3. The molecule has 0 bridgehead atoms. The quantitative estimate of drug-likeness (QED) is 0.903. The van der Waals surface area contributed by atoms with Crippen molar-refractivity contribution >= 4 is 0 Å². The third-order valence-corrected chi connectivity index (χ3v) is 3.30. The van der Waals surface area contributed by atoms with E-state index in [-0.39, 0.29) is 18.0 Å². The van der Waals surface area contributed by atoms with Crippen LogP contribution in [-0.2, 0) is 6.42 Å². The van der Waals surface area contributed by atoms with Crippen LogP contribution in [0.4, 0.5) is 8.78 Å². The summed E-state index contributed by atoms with van der Waals surface area (Å²) >= 11 is 0. The summed E-state index contributed by atoms with van der Waals surface area (Å²) in [5.74, 6) is -1.03. The lowest BCUT2D eigenvalue weighted by atomic mass is 9.99. The summed E-state index contributed by atoms with van der Waals surface area (Å²) in [5.41, 5.74) is 1.94. The lowest BCUT2D eigenvalue weighted by Crippen LogP contribution is -2.25. The van der Waals surface area contributed by atoms with Crippen molar-refractivity contribution in [3.8, 4) is 0 Å². The molecule has 20 heavy (non-hydrogen) atoms. The average Bonchev–Trinajstić information content (AvgIpc) is 2.43. The fraction of sp³-hybridized carbons (Fsp3) is 0.312. The Morgan fingerprint density at radius 3 is 2.45 bits per heavy atom. The van der Waals surface area contributed by atoms with E-state index in [9.17, 15) is 8.78 Å². The molecule has 4 heteroatoms. The Hall–Kier alpha value is -1.81. The van der Waals surface area contributed by atoms with Crippen LogP contribution in [0.5, 0.6) is 0 Å². The topological polar surface area (TPSA) is 24.9 Å². The number of likely N-dealkylation sites (N-methyl/N-ethyl adjacent to an activating group) is 1. The summed E-state index contributed by atoms with van der Waals surface area (Å²) in [4.78, 5) is 4.35. The van der Waals surface area contributed by atoms with Crippen molar-refractivity contribution in [1.82, 2.24) is 10.3 Å². The molecule has 2 nitrogen and oxygen atoms in total. The monoisotopic (exact) mass is 276 g/mol. The Labute approximate surface area is 117 Å². The zero-order valence-corrected chi connectivity index (χ0v) is 11.7. The summed E-state index contributed by atoms with van der Waals surface area (Å²) in [5, 5.41) is 3.25. The molecule has 1 N–H and O–H groups in total. The molecule has 1 heterocycles. The van der Waals surface area contributed by atoms with Crippen molar-refractivity contribution < 1.29 is 8.78 Å². The van der Waals surface area contributed by atoms with E-state index in [2.05, 4.69) is 10.3 Å². The third kappa shape index (κ3) is 3.20. The number of benzene rings is 1. The smallest absolute Gasteiger partial charge is 0.129 e. The van der Waals surface area contributed by atoms with Crippen molar-refractivity contribution in [2.24, 2.45) is 0 Å². The highest BCUT2D eigenvalue weighted by molar-refractivity contribution is 5.26. The lowest BCUT2D eigenvalue weighted by Gasteiger charge is -2.19. The van der Waals surface area contributed by atoms with E-state index in [1.165, 1.54) is 18.2 Å². The maximum Gasteiger partial charge on any atom is 0.129 e. The number of nitrogens with zero attached hydrogens (tertiary/aromatic N) is 1. The number of pyridine rings is 1. The van der Waals surface area contributed by atoms with Gasteiger partial charge in [0, 0.05) is 11.8 Å². The molecule has 0 aliphatic carbocycles. The normalized spacial score (nSPS) is 12.4. The fourth-order valence-corrected chi connectivity index (χ4v) is 2.31. The predicted octanol–water partition coefficient (Wildman–Crippen LogP) is 3.56. The van der Waals surface area contributed by atoms with Crippen molar-refractivity contribution in [2.75, 3.05) is 6.54 Å². The second-order valence-corrected chi connectivity index (χ2v) is 4.72. The van der Waals surface area contributed by atoms with Crippen LogP contribution in [0.2, 0.25) is 0 Å². The minimum absolute atomic E-state index is 0.100. The molecule has 2 rings (SSSR count). The molecule has 0 saturated heterocycles. The van der Waals surface area contributed by atoms with Crippen molar-refractivity contribution in [2.45, 2.75) is 26.3 Å². The van der Waals surface area contributed by atoms with Gasteiger partial charge < -0.3 is 5.32 Å². The van der Waals surface area contributed by atoms with E-state index >= 15 is 0 Å². The Kier molecular flexibility index (Phi) is 4.79. The van der Waals surface area contributed by atoms with Crippen molar-refractivity contribution in [3.05, 3.63) is 65.0 Å². The largest absolute Gasteiger partial charge is 0.309 e. The Balaban J connectivity index is 2.33. The first-order valence-electron chi connectivity index (χ1n) is 6.71. The van der Waals surface area contributed by atoms with E-state index in [0.29, 0.717) is 6.54 Å². The molecule has 0 aliphatic heterocycles. The van der Waals surface area contributed by atoms with Crippen LogP contribution in [0.15, 0.2) is 36.5 Å². The van der Waals surface area contributed by atoms with Gasteiger partial charge in [0.1, 0.15) is 11.6 Å². The molecular formula is C16H18F2N2. The van der Waals surface area contributed by atoms with Gasteiger partial charge in [0.2, 0.25) is 0 Å². The molecule has 1 atom stereocenters. The molecule has 0 aliphatic rings. The highest BCUT2D eigenvalue weighted by atomic mass is 19.1. The number of nitrogens with one attached hydrogen (secondary N) is 1. The number of hydrogen-bond donors (Lipinski definition) is 1. The van der Waals surface area contributed by atoms with E-state index in [1.807, 2.05) is 26.0 Å². The number of hydrogen-bond acceptors (Lipinski definition) is 2. The van der Waals surface area contributed by atoms with Gasteiger partial charge in [-0.05, 0) is 43.7 Å². The third-order valence-electron chi connectivity index (χ3n) is 3.30. The van der Waals surface area contributed by atoms with Gasteiger partial charge in [-0.1, -0.05) is 19.1 Å². The molecule has 1 aromatic heterocycles. The first-order chi connectivity index (χ1) is 9.63. The summed E-state index contributed by atoms with van der Waals surface area (Å²) < 4.78 is 27.6. The van der Waals surface area contributed by atoms with Gasteiger partial charge >= 0.3 is 0 Å². The molecule has 106 valence electrons. The second-order valence-electron chi connectivity index (χ2n) is 4.72. The molecule has 0 saturated carbocycles. The van der Waals surface area contributed by atoms with Gasteiger partial charge in [0.05, 0.1) is 11.7 Å². The summed E-state index contributed by atoms with van der Waals surface area (Å²) in [7, 11) is 0. The lowest BCUT2D eigenvalue weighted by molar-refractivity contribution is 0.491. The Morgan fingerprint density at radius 2 is 1.85 bits per heavy atom. The van der Waals surface area contributed by atoms with Crippen LogP contribution in [0.1, 0.15) is 29.8 Å². The summed E-state index contributed by atoms with van der Waals surface area (Å²) in [6.07, 6.45) is 1.94. The van der Waals surface area contributed by atoms with Crippen molar-refractivity contribution in [3.63, 3.8) is 0 Å². The number of rotatable bonds is 5. The number of aryl methyl sites for hydroxylation is 1. The Bertz CT molecular complexity index is 564. The SMILES string of the molecule is CCNC(Cc1c(F)cccc1F)c1ncccc1C. The van der Waals surface area contributed by atoms with E-state index < -0.39 is 11.6 Å². The van der Waals surface area contributed by atoms with Crippen LogP contribution in [0.25, 0.3) is 0 Å². The van der Waals surface area contributed by atoms with Gasteiger partial charge in [0.15, 0.2) is 0 Å². The number of halogens is 2. The maximum absolute atomic E-state index is 13.8. The van der Waals surface area contributed by atoms with Crippen LogP contribution in [0.3, 0.4) is 0 Å². The van der Waals surface area contributed by atoms with E-state index in [4.69, 9.17) is 0 Å². The van der Waals surface area contributed by atoms with Gasteiger partial charge in [0.25, 0.3) is 0 Å². The highest BCUT2D eigenvalue weighted by Gasteiger charge is 2.19. The van der Waals surface area contributed by atoms with E-state index in [1.54, 1.807) is 6.20 Å². The predicted molar refractivity (Wildman–Crippen MR) is 75.5 cm³/mol. The van der Waals surface area contributed by atoms with Crippen LogP contribution >= 0.6 is 0 Å². The molecule has 0 amide bonds. The molecular weight excluding hydrogens is 258 g/mol. The second kappa shape index (κ2) is 6.57. The number of aromatic nitrogens is 1. The maximum atomic E-state index is 13.8. The average molecular weight is 276 g/mol. The summed E-state index contributed by atoms with van der Waals surface area (Å²) in [6, 6.07) is 7.55. The molecule has 1 aromatic carbocycles. The van der Waals surface area contributed by atoms with Gasteiger partial charge in [-0.25, -0.2) is 8.78 Å². The van der Waals surface area contributed by atoms with Crippen LogP contribution < -0.4 is 5.32 Å². The van der Waals surface area contributed by atoms with E-state index in [0.717, 1.165) is 11.3 Å².